The molecule has 210 valence electrons. The number of nitrogens with zero attached hydrogens (tertiary/aromatic N) is 4. The van der Waals surface area contributed by atoms with E-state index in [4.69, 9.17) is 9.57 Å². The topological polar surface area (TPSA) is 92.5 Å². The van der Waals surface area contributed by atoms with Crippen molar-refractivity contribution in [1.29, 1.82) is 0 Å². The Kier molecular flexibility index (Phi) is 9.77. The normalized spacial score (nSPS) is 15.2. The number of rotatable bonds is 11. The number of carbonyl (C=O) groups excluding carboxylic acids is 1. The number of pyridine rings is 1. The fourth-order valence-electron chi connectivity index (χ4n) is 4.49. The van der Waals surface area contributed by atoms with Gasteiger partial charge in [-0.2, -0.15) is 13.2 Å². The van der Waals surface area contributed by atoms with Crippen molar-refractivity contribution in [1.82, 2.24) is 19.6 Å². The third-order valence-corrected chi connectivity index (χ3v) is 6.62. The number of alkyl halides is 3. The molecule has 0 spiro atoms. The Morgan fingerprint density at radius 2 is 2.03 bits per heavy atom. The first-order valence-corrected chi connectivity index (χ1v) is 12.9. The van der Waals surface area contributed by atoms with Gasteiger partial charge in [0.25, 0.3) is 0 Å². The number of oxime groups is 1. The number of methoxy groups -OCH3 is 1. The molecule has 2 N–H and O–H groups in total. The molecule has 3 aromatic rings. The number of hydrogen-bond donors (Lipinski definition) is 2. The number of carbonyl (C=O) groups is 1. The van der Waals surface area contributed by atoms with E-state index in [0.717, 1.165) is 49.5 Å². The number of nitrogens with one attached hydrogen (secondary N) is 2. The number of ether oxygens (including phenoxy) is 1. The molecule has 0 radical (unpaired) electrons. The first kappa shape index (κ1) is 28.4. The number of aromatic nitrogens is 2. The van der Waals surface area contributed by atoms with Gasteiger partial charge in [0.15, 0.2) is 0 Å². The summed E-state index contributed by atoms with van der Waals surface area (Å²) in [6.45, 7) is 3.13. The van der Waals surface area contributed by atoms with Crippen LogP contribution in [0.1, 0.15) is 24.8 Å². The zero-order chi connectivity index (χ0) is 27.7. The number of fused-ring (bicyclic) bond motifs is 1. The Hall–Kier alpha value is -3.64. The molecule has 1 aliphatic rings. The van der Waals surface area contributed by atoms with Gasteiger partial charge in [0.05, 0.1) is 24.7 Å². The first-order chi connectivity index (χ1) is 18.8. The van der Waals surface area contributed by atoms with E-state index in [9.17, 15) is 18.0 Å². The van der Waals surface area contributed by atoms with Crippen molar-refractivity contribution in [3.63, 3.8) is 0 Å². The van der Waals surface area contributed by atoms with Crippen molar-refractivity contribution in [3.8, 4) is 11.3 Å². The van der Waals surface area contributed by atoms with Crippen molar-refractivity contribution >= 4 is 23.6 Å². The molecule has 1 saturated heterocycles. The molecular weight excluding hydrogens is 513 g/mol. The highest BCUT2D eigenvalue weighted by molar-refractivity contribution is 5.90. The Labute approximate surface area is 225 Å². The highest BCUT2D eigenvalue weighted by Crippen LogP contribution is 2.24. The van der Waals surface area contributed by atoms with Crippen LogP contribution < -0.4 is 10.6 Å². The lowest BCUT2D eigenvalue weighted by Gasteiger charge is -2.31. The van der Waals surface area contributed by atoms with Gasteiger partial charge >= 0.3 is 12.2 Å². The first-order valence-electron chi connectivity index (χ1n) is 12.9. The van der Waals surface area contributed by atoms with Crippen LogP contribution in [0.25, 0.3) is 16.9 Å². The van der Waals surface area contributed by atoms with Crippen LogP contribution in [0.2, 0.25) is 0 Å². The molecule has 2 amide bonds. The molecule has 2 aromatic heterocycles. The summed E-state index contributed by atoms with van der Waals surface area (Å²) < 4.78 is 44.0. The summed E-state index contributed by atoms with van der Waals surface area (Å²) >= 11 is 0. The molecular formula is C27H33F3N6O3. The molecule has 9 nitrogen and oxygen atoms in total. The van der Waals surface area contributed by atoms with E-state index in [0.29, 0.717) is 23.9 Å². The van der Waals surface area contributed by atoms with Crippen LogP contribution in [0.4, 0.5) is 23.7 Å². The number of amides is 2. The van der Waals surface area contributed by atoms with Crippen LogP contribution in [0, 0.1) is 5.92 Å². The van der Waals surface area contributed by atoms with Crippen LogP contribution in [-0.2, 0) is 9.57 Å². The van der Waals surface area contributed by atoms with E-state index in [-0.39, 0.29) is 0 Å². The molecule has 0 aliphatic carbocycles. The van der Waals surface area contributed by atoms with E-state index < -0.39 is 18.8 Å². The Balaban J connectivity index is 1.28. The van der Waals surface area contributed by atoms with Gasteiger partial charge in [-0.3, -0.25) is 4.40 Å². The van der Waals surface area contributed by atoms with Gasteiger partial charge in [-0.05, 0) is 62.5 Å². The van der Waals surface area contributed by atoms with Crippen LogP contribution in [0.5, 0.6) is 0 Å². The highest BCUT2D eigenvalue weighted by Gasteiger charge is 2.27. The zero-order valence-electron chi connectivity index (χ0n) is 21.8. The average molecular weight is 547 g/mol. The molecule has 0 saturated carbocycles. The van der Waals surface area contributed by atoms with Gasteiger partial charge in [-0.25, -0.2) is 9.78 Å². The number of likely N-dealkylation sites (tertiary alicyclic amines) is 1. The van der Waals surface area contributed by atoms with Crippen LogP contribution in [-0.4, -0.2) is 79.2 Å². The lowest BCUT2D eigenvalue weighted by atomic mass is 9.94. The molecule has 1 aliphatic heterocycles. The predicted octanol–water partition coefficient (Wildman–Crippen LogP) is 4.78. The van der Waals surface area contributed by atoms with Gasteiger partial charge in [-0.15, -0.1) is 0 Å². The Bertz CT molecular complexity index is 1260. The molecule has 39 heavy (non-hydrogen) atoms. The quantitative estimate of drug-likeness (QED) is 0.205. The minimum atomic E-state index is -4.48. The summed E-state index contributed by atoms with van der Waals surface area (Å²) in [5.74, 6) is 0.654. The van der Waals surface area contributed by atoms with Crippen LogP contribution >= 0.6 is 0 Å². The summed E-state index contributed by atoms with van der Waals surface area (Å²) in [5.41, 5.74) is 3.39. The maximum Gasteiger partial charge on any atom is 0.405 e. The molecule has 0 bridgehead atoms. The molecule has 0 atom stereocenters. The van der Waals surface area contributed by atoms with E-state index in [1.54, 1.807) is 43.0 Å². The monoisotopic (exact) mass is 546 g/mol. The van der Waals surface area contributed by atoms with Gasteiger partial charge in [-0.1, -0.05) is 17.3 Å². The molecule has 12 heteroatoms. The number of piperidine rings is 1. The smallest absolute Gasteiger partial charge is 0.396 e. The second-order valence-electron chi connectivity index (χ2n) is 9.47. The lowest BCUT2D eigenvalue weighted by molar-refractivity contribution is -0.122. The number of imidazole rings is 1. The van der Waals surface area contributed by atoms with Crippen molar-refractivity contribution < 1.29 is 27.5 Å². The van der Waals surface area contributed by atoms with Crippen molar-refractivity contribution in [2.45, 2.75) is 25.4 Å². The minimum Gasteiger partial charge on any atom is -0.396 e. The zero-order valence-corrected chi connectivity index (χ0v) is 21.8. The van der Waals surface area contributed by atoms with Crippen LogP contribution in [0.3, 0.4) is 0 Å². The van der Waals surface area contributed by atoms with Gasteiger partial charge in [0.1, 0.15) is 18.8 Å². The second-order valence-corrected chi connectivity index (χ2v) is 9.47. The maximum atomic E-state index is 12.3. The summed E-state index contributed by atoms with van der Waals surface area (Å²) in [5, 5.41) is 8.33. The second kappa shape index (κ2) is 13.4. The van der Waals surface area contributed by atoms with E-state index in [1.165, 1.54) is 12.8 Å². The van der Waals surface area contributed by atoms with Crippen LogP contribution in [0.15, 0.2) is 53.9 Å². The molecule has 1 fully saturated rings. The molecule has 3 heterocycles. The summed E-state index contributed by atoms with van der Waals surface area (Å²) in [6, 6.07) is 9.62. The molecule has 0 unspecified atom stereocenters. The molecule has 4 rings (SSSR count). The summed E-state index contributed by atoms with van der Waals surface area (Å²) in [7, 11) is 1.73. The summed E-state index contributed by atoms with van der Waals surface area (Å²) in [4.78, 5) is 24.2. The van der Waals surface area contributed by atoms with Crippen molar-refractivity contribution in [3.05, 3.63) is 54.4 Å². The van der Waals surface area contributed by atoms with Gasteiger partial charge in [0.2, 0.25) is 0 Å². The Morgan fingerprint density at radius 3 is 2.79 bits per heavy atom. The SMILES string of the molecule is COCCN1CCC(CCO/N=C/c2ccn3c(-c4cccc(NC(=O)NCC(F)(F)F)c4)cnc3c2)CC1. The fraction of sp³-hybridized carbons (Fsp3) is 0.444. The van der Waals surface area contributed by atoms with Crippen molar-refractivity contribution in [2.75, 3.05) is 51.8 Å². The Morgan fingerprint density at radius 1 is 1.21 bits per heavy atom. The summed E-state index contributed by atoms with van der Waals surface area (Å²) in [6.07, 6.45) is 4.04. The highest BCUT2D eigenvalue weighted by atomic mass is 19.4. The van der Waals surface area contributed by atoms with Gasteiger partial charge in [0, 0.05) is 36.7 Å². The molecule has 1 aromatic carbocycles. The number of hydrogen-bond acceptors (Lipinski definition) is 6. The van der Waals surface area contributed by atoms with E-state index >= 15 is 0 Å². The fourth-order valence-corrected chi connectivity index (χ4v) is 4.49. The number of benzene rings is 1. The average Bonchev–Trinajstić information content (AvgIpc) is 3.34. The third kappa shape index (κ3) is 8.69. The number of urea groups is 1. The lowest BCUT2D eigenvalue weighted by Crippen LogP contribution is -2.36. The maximum absolute atomic E-state index is 12.3. The predicted molar refractivity (Wildman–Crippen MR) is 143 cm³/mol. The number of halogens is 3. The largest absolute Gasteiger partial charge is 0.405 e. The van der Waals surface area contributed by atoms with E-state index in [1.807, 2.05) is 28.8 Å². The number of anilines is 1. The van der Waals surface area contributed by atoms with E-state index in [2.05, 4.69) is 20.4 Å². The standard InChI is InChI=1S/C27H33F3N6O3/c1-38-14-12-35-9-5-20(6-10-35)8-13-39-33-17-21-7-11-36-24(18-31-25(36)15-21)22-3-2-4-23(16-22)34-26(37)32-19-27(28,29)30/h2-4,7,11,15-18,20H,5-6,8-10,12-14,19H2,1H3,(H2,32,34,37)/b33-17+. The van der Waals surface area contributed by atoms with Gasteiger partial charge < -0.3 is 25.1 Å². The minimum absolute atomic E-state index is 0.361. The van der Waals surface area contributed by atoms with Crippen molar-refractivity contribution in [2.24, 2.45) is 11.1 Å². The third-order valence-electron chi connectivity index (χ3n) is 6.62.